The summed E-state index contributed by atoms with van der Waals surface area (Å²) >= 11 is 0. The predicted octanol–water partition coefficient (Wildman–Crippen LogP) is 5.67. The number of carbonyl (C=O) groups excluding carboxylic acids is 1. The number of nitrogens with two attached hydrogens (primary N) is 1. The van der Waals surface area contributed by atoms with Crippen molar-refractivity contribution in [2.75, 3.05) is 0 Å². The number of benzene rings is 1. The van der Waals surface area contributed by atoms with Crippen LogP contribution in [0.2, 0.25) is 0 Å². The Morgan fingerprint density at radius 3 is 2.43 bits per heavy atom. The normalized spacial score (nSPS) is 41.6. The van der Waals surface area contributed by atoms with Gasteiger partial charge in [0.1, 0.15) is 0 Å². The second-order valence-corrected chi connectivity index (χ2v) is 11.0. The molecule has 0 saturated heterocycles. The second-order valence-electron chi connectivity index (χ2n) is 11.0. The summed E-state index contributed by atoms with van der Waals surface area (Å²) < 4.78 is 0. The van der Waals surface area contributed by atoms with E-state index in [1.54, 1.807) is 0 Å². The molecule has 0 heterocycles. The molecule has 6 rings (SSSR count). The zero-order valence-corrected chi connectivity index (χ0v) is 18.8. The molecule has 0 radical (unpaired) electrons. The van der Waals surface area contributed by atoms with Gasteiger partial charge in [-0.3, -0.25) is 4.79 Å². The molecule has 4 atom stereocenters. The Labute approximate surface area is 181 Å². The molecule has 5 aliphatic carbocycles. The summed E-state index contributed by atoms with van der Waals surface area (Å²) in [6.45, 7) is 4.72. The molecular formula is C27H38N2O. The Balaban J connectivity index is 1.47. The molecule has 0 aromatic heterocycles. The summed E-state index contributed by atoms with van der Waals surface area (Å²) in [6.07, 6.45) is 13.2. The molecule has 162 valence electrons. The van der Waals surface area contributed by atoms with Crippen molar-refractivity contribution in [1.82, 2.24) is 0 Å². The largest absolute Gasteiger partial charge is 0.328 e. The molecular weight excluding hydrogens is 368 g/mol. The topological polar surface area (TPSA) is 55.5 Å². The number of carbonyl (C=O) groups is 1. The molecule has 0 spiro atoms. The highest BCUT2D eigenvalue weighted by Gasteiger charge is 2.74. The molecule has 4 bridgehead atoms. The van der Waals surface area contributed by atoms with E-state index < -0.39 is 0 Å². The fourth-order valence-electron chi connectivity index (χ4n) is 8.54. The molecule has 30 heavy (non-hydrogen) atoms. The molecule has 3 heteroatoms. The van der Waals surface area contributed by atoms with Crippen molar-refractivity contribution < 1.29 is 4.79 Å². The molecule has 1 amide bonds. The second kappa shape index (κ2) is 7.29. The number of aliphatic imine (C=N–C) groups is 1. The van der Waals surface area contributed by atoms with Crippen molar-refractivity contribution in [1.29, 1.82) is 0 Å². The smallest absolute Gasteiger partial charge is 0.251 e. The van der Waals surface area contributed by atoms with Gasteiger partial charge in [0.2, 0.25) is 0 Å². The minimum absolute atomic E-state index is 0.186. The molecule has 3 unspecified atom stereocenters. The van der Waals surface area contributed by atoms with Gasteiger partial charge in [0.15, 0.2) is 0 Å². The molecule has 5 fully saturated rings. The van der Waals surface area contributed by atoms with Gasteiger partial charge in [0, 0.05) is 12.3 Å². The highest BCUT2D eigenvalue weighted by Crippen LogP contribution is 2.78. The highest BCUT2D eigenvalue weighted by atomic mass is 16.1. The zero-order valence-electron chi connectivity index (χ0n) is 18.8. The van der Waals surface area contributed by atoms with E-state index in [1.165, 1.54) is 31.2 Å². The maximum absolute atomic E-state index is 13.8. The average molecular weight is 407 g/mol. The number of hydrogen-bond donors (Lipinski definition) is 1. The molecule has 5 saturated carbocycles. The lowest BCUT2D eigenvalue weighted by molar-refractivity contribution is -0.129. The standard InChI is InChI=1S/C27H38N2O/c1-3-26(4-2)21-14-25(20-8-6-5-7-9-20)16-23(26)27(15-21,18-25)24(30)29-17-19-10-12-22(28)13-11-19/h5-9,17,19,21-23H,3-4,10-16,18,28H2,1-2H3/t19?,21-,22?,23?,25?,27?/m1/s1. The number of rotatable bonds is 5. The van der Waals surface area contributed by atoms with Gasteiger partial charge < -0.3 is 5.73 Å². The summed E-state index contributed by atoms with van der Waals surface area (Å²) in [5.41, 5.74) is 7.81. The first-order valence-corrected chi connectivity index (χ1v) is 12.4. The molecule has 5 aliphatic rings. The van der Waals surface area contributed by atoms with E-state index in [4.69, 9.17) is 10.7 Å². The molecule has 2 N–H and O–H groups in total. The summed E-state index contributed by atoms with van der Waals surface area (Å²) in [5, 5.41) is 0. The average Bonchev–Trinajstić information content (AvgIpc) is 3.14. The lowest BCUT2D eigenvalue weighted by Gasteiger charge is -2.49. The van der Waals surface area contributed by atoms with Gasteiger partial charge in [0.25, 0.3) is 5.91 Å². The summed E-state index contributed by atoms with van der Waals surface area (Å²) in [4.78, 5) is 18.5. The third-order valence-electron chi connectivity index (χ3n) is 10.0. The fraction of sp³-hybridized carbons (Fsp3) is 0.704. The van der Waals surface area contributed by atoms with Gasteiger partial charge in [-0.1, -0.05) is 44.2 Å². The number of nitrogens with zero attached hydrogens (tertiary/aromatic N) is 1. The quantitative estimate of drug-likeness (QED) is 0.641. The van der Waals surface area contributed by atoms with Crippen LogP contribution in [-0.2, 0) is 10.2 Å². The molecule has 0 aliphatic heterocycles. The van der Waals surface area contributed by atoms with Crippen LogP contribution < -0.4 is 5.73 Å². The van der Waals surface area contributed by atoms with Crippen LogP contribution in [0.25, 0.3) is 0 Å². The van der Waals surface area contributed by atoms with Crippen LogP contribution in [-0.4, -0.2) is 18.2 Å². The van der Waals surface area contributed by atoms with Crippen molar-refractivity contribution in [3.63, 3.8) is 0 Å². The van der Waals surface area contributed by atoms with Gasteiger partial charge in [-0.15, -0.1) is 0 Å². The van der Waals surface area contributed by atoms with E-state index >= 15 is 0 Å². The highest BCUT2D eigenvalue weighted by molar-refractivity contribution is 5.91. The van der Waals surface area contributed by atoms with Crippen LogP contribution >= 0.6 is 0 Å². The van der Waals surface area contributed by atoms with Crippen molar-refractivity contribution in [2.24, 2.45) is 39.3 Å². The first-order valence-electron chi connectivity index (χ1n) is 12.4. The first kappa shape index (κ1) is 20.4. The Morgan fingerprint density at radius 1 is 1.07 bits per heavy atom. The van der Waals surface area contributed by atoms with E-state index in [0.717, 1.165) is 38.5 Å². The summed E-state index contributed by atoms with van der Waals surface area (Å²) in [5.74, 6) is 1.79. The van der Waals surface area contributed by atoms with E-state index in [0.29, 0.717) is 29.2 Å². The number of hydrogen-bond acceptors (Lipinski definition) is 2. The van der Waals surface area contributed by atoms with Gasteiger partial charge in [-0.25, -0.2) is 4.99 Å². The Hall–Kier alpha value is -1.48. The lowest BCUT2D eigenvalue weighted by atomic mass is 9.55. The summed E-state index contributed by atoms with van der Waals surface area (Å²) in [7, 11) is 0. The van der Waals surface area contributed by atoms with Crippen LogP contribution in [0.1, 0.15) is 83.6 Å². The van der Waals surface area contributed by atoms with E-state index in [2.05, 4.69) is 44.2 Å². The maximum atomic E-state index is 13.8. The van der Waals surface area contributed by atoms with Crippen molar-refractivity contribution in [3.05, 3.63) is 35.9 Å². The Kier molecular flexibility index (Phi) is 4.96. The molecule has 1 aromatic rings. The molecule has 1 aromatic carbocycles. The van der Waals surface area contributed by atoms with Gasteiger partial charge >= 0.3 is 0 Å². The minimum Gasteiger partial charge on any atom is -0.328 e. The van der Waals surface area contributed by atoms with Crippen LogP contribution in [0.15, 0.2) is 35.3 Å². The zero-order chi connectivity index (χ0) is 21.0. The lowest BCUT2D eigenvalue weighted by Crippen LogP contribution is -2.42. The van der Waals surface area contributed by atoms with Crippen molar-refractivity contribution in [3.8, 4) is 0 Å². The predicted molar refractivity (Wildman–Crippen MR) is 122 cm³/mol. The van der Waals surface area contributed by atoms with E-state index in [9.17, 15) is 4.79 Å². The van der Waals surface area contributed by atoms with Crippen LogP contribution in [0.4, 0.5) is 0 Å². The third kappa shape index (κ3) is 2.80. The van der Waals surface area contributed by atoms with Gasteiger partial charge in [-0.05, 0) is 98.4 Å². The van der Waals surface area contributed by atoms with Crippen molar-refractivity contribution >= 4 is 12.1 Å². The summed E-state index contributed by atoms with van der Waals surface area (Å²) in [6, 6.07) is 11.4. The molecule has 3 nitrogen and oxygen atoms in total. The first-order chi connectivity index (χ1) is 14.5. The van der Waals surface area contributed by atoms with Gasteiger partial charge in [-0.2, -0.15) is 0 Å². The third-order valence-corrected chi connectivity index (χ3v) is 10.0. The van der Waals surface area contributed by atoms with Crippen LogP contribution in [0.5, 0.6) is 0 Å². The minimum atomic E-state index is -0.230. The Bertz CT molecular complexity index is 821. The number of amides is 1. The van der Waals surface area contributed by atoms with Gasteiger partial charge in [0.05, 0.1) is 5.41 Å². The maximum Gasteiger partial charge on any atom is 0.251 e. The van der Waals surface area contributed by atoms with E-state index in [-0.39, 0.29) is 16.7 Å². The fourth-order valence-corrected chi connectivity index (χ4v) is 8.54. The van der Waals surface area contributed by atoms with Crippen LogP contribution in [0.3, 0.4) is 0 Å². The van der Waals surface area contributed by atoms with Crippen molar-refractivity contribution in [2.45, 2.75) is 89.5 Å². The Morgan fingerprint density at radius 2 is 1.77 bits per heavy atom. The van der Waals surface area contributed by atoms with Crippen LogP contribution in [0, 0.1) is 28.6 Å². The van der Waals surface area contributed by atoms with E-state index in [1.807, 2.05) is 6.21 Å². The monoisotopic (exact) mass is 406 g/mol. The SMILES string of the molecule is CCC1(CC)C2CC3(c4ccccc4)C[C@@H]1CC2(C(=O)N=CC1CCC(N)CC1)C3.